The van der Waals surface area contributed by atoms with Crippen LogP contribution in [-0.4, -0.2) is 60.9 Å². The summed E-state index contributed by atoms with van der Waals surface area (Å²) in [6.45, 7) is 2.78. The molecule has 140 valence electrons. The summed E-state index contributed by atoms with van der Waals surface area (Å²) >= 11 is 0. The van der Waals surface area contributed by atoms with Gasteiger partial charge in [0.1, 0.15) is 0 Å². The number of amides is 1. The SMILES string of the molecule is Cc1ccc(S(=O)(=O)N2CCC(c3[nH]ncc3C(=O)N(C)C)CC2)cc1. The molecule has 1 fully saturated rings. The molecular weight excluding hydrogens is 352 g/mol. The highest BCUT2D eigenvalue weighted by atomic mass is 32.2. The third-order valence-electron chi connectivity index (χ3n) is 4.83. The highest BCUT2D eigenvalue weighted by Crippen LogP contribution is 2.31. The smallest absolute Gasteiger partial charge is 0.256 e. The number of nitrogens with zero attached hydrogens (tertiary/aromatic N) is 3. The van der Waals surface area contributed by atoms with Crippen LogP contribution in [0, 0.1) is 6.92 Å². The van der Waals surface area contributed by atoms with Crippen LogP contribution in [0.3, 0.4) is 0 Å². The van der Waals surface area contributed by atoms with Gasteiger partial charge >= 0.3 is 0 Å². The minimum atomic E-state index is -3.48. The van der Waals surface area contributed by atoms with Crippen molar-refractivity contribution in [2.75, 3.05) is 27.2 Å². The van der Waals surface area contributed by atoms with Gasteiger partial charge in [-0.05, 0) is 31.9 Å². The van der Waals surface area contributed by atoms with E-state index in [1.165, 1.54) is 9.21 Å². The van der Waals surface area contributed by atoms with Crippen LogP contribution >= 0.6 is 0 Å². The molecule has 0 bridgehead atoms. The van der Waals surface area contributed by atoms with Crippen LogP contribution in [0.5, 0.6) is 0 Å². The second-order valence-electron chi connectivity index (χ2n) is 6.89. The molecule has 3 rings (SSSR count). The minimum Gasteiger partial charge on any atom is -0.345 e. The Kier molecular flexibility index (Phi) is 5.15. The number of aromatic nitrogens is 2. The maximum absolute atomic E-state index is 12.8. The number of aryl methyl sites for hydroxylation is 1. The van der Waals surface area contributed by atoms with Crippen molar-refractivity contribution in [2.24, 2.45) is 0 Å². The number of nitrogens with one attached hydrogen (secondary N) is 1. The van der Waals surface area contributed by atoms with E-state index in [9.17, 15) is 13.2 Å². The van der Waals surface area contributed by atoms with Gasteiger partial charge in [-0.1, -0.05) is 17.7 Å². The number of hydrogen-bond acceptors (Lipinski definition) is 4. The largest absolute Gasteiger partial charge is 0.345 e. The molecule has 7 nitrogen and oxygen atoms in total. The lowest BCUT2D eigenvalue weighted by Gasteiger charge is -2.31. The molecule has 0 atom stereocenters. The number of hydrogen-bond donors (Lipinski definition) is 1. The van der Waals surface area contributed by atoms with Gasteiger partial charge in [-0.15, -0.1) is 0 Å². The summed E-state index contributed by atoms with van der Waals surface area (Å²) in [5.41, 5.74) is 2.39. The topological polar surface area (TPSA) is 86.4 Å². The number of sulfonamides is 1. The number of benzene rings is 1. The standard InChI is InChI=1S/C18H24N4O3S/c1-13-4-6-15(7-5-13)26(24,25)22-10-8-14(9-11-22)17-16(12-19-20-17)18(23)21(2)3/h4-7,12,14H,8-11H2,1-3H3,(H,19,20). The molecular formula is C18H24N4O3S. The second kappa shape index (κ2) is 7.20. The molecule has 1 saturated heterocycles. The number of carbonyl (C=O) groups is 1. The molecule has 0 spiro atoms. The van der Waals surface area contributed by atoms with Crippen LogP contribution in [0.4, 0.5) is 0 Å². The Labute approximate surface area is 154 Å². The average Bonchev–Trinajstić information content (AvgIpc) is 3.11. The Morgan fingerprint density at radius 1 is 1.19 bits per heavy atom. The molecule has 26 heavy (non-hydrogen) atoms. The molecule has 0 radical (unpaired) electrons. The summed E-state index contributed by atoms with van der Waals surface area (Å²) < 4.78 is 27.1. The zero-order valence-electron chi connectivity index (χ0n) is 15.3. The van der Waals surface area contributed by atoms with Crippen LogP contribution in [0.2, 0.25) is 0 Å². The highest BCUT2D eigenvalue weighted by molar-refractivity contribution is 7.89. The molecule has 0 unspecified atom stereocenters. The summed E-state index contributed by atoms with van der Waals surface area (Å²) in [5, 5.41) is 6.96. The van der Waals surface area contributed by atoms with Crippen LogP contribution in [0.1, 0.15) is 40.4 Å². The van der Waals surface area contributed by atoms with E-state index >= 15 is 0 Å². The Balaban J connectivity index is 1.73. The quantitative estimate of drug-likeness (QED) is 0.884. The fraction of sp³-hybridized carbons (Fsp3) is 0.444. The number of carbonyl (C=O) groups excluding carboxylic acids is 1. The van der Waals surface area contributed by atoms with E-state index in [2.05, 4.69) is 10.2 Å². The molecule has 1 aliphatic heterocycles. The van der Waals surface area contributed by atoms with Crippen molar-refractivity contribution in [2.45, 2.75) is 30.6 Å². The Morgan fingerprint density at radius 2 is 1.81 bits per heavy atom. The fourth-order valence-electron chi connectivity index (χ4n) is 3.26. The molecule has 1 aromatic heterocycles. The first-order chi connectivity index (χ1) is 12.3. The monoisotopic (exact) mass is 376 g/mol. The lowest BCUT2D eigenvalue weighted by molar-refractivity contribution is 0.0825. The molecule has 2 heterocycles. The van der Waals surface area contributed by atoms with Crippen LogP contribution in [0.25, 0.3) is 0 Å². The van der Waals surface area contributed by atoms with Gasteiger partial charge in [0.25, 0.3) is 5.91 Å². The van der Waals surface area contributed by atoms with Crippen molar-refractivity contribution in [1.82, 2.24) is 19.4 Å². The second-order valence-corrected chi connectivity index (χ2v) is 8.83. The zero-order chi connectivity index (χ0) is 18.9. The Morgan fingerprint density at radius 3 is 2.38 bits per heavy atom. The van der Waals surface area contributed by atoms with Gasteiger partial charge in [0, 0.05) is 33.1 Å². The Hall–Kier alpha value is -2.19. The lowest BCUT2D eigenvalue weighted by Crippen LogP contribution is -2.38. The molecule has 0 saturated carbocycles. The number of piperidine rings is 1. The molecule has 2 aromatic rings. The number of H-pyrrole nitrogens is 1. The fourth-order valence-corrected chi connectivity index (χ4v) is 4.73. The van der Waals surface area contributed by atoms with E-state index in [0.717, 1.165) is 11.3 Å². The van der Waals surface area contributed by atoms with Crippen molar-refractivity contribution < 1.29 is 13.2 Å². The maximum atomic E-state index is 12.8. The van der Waals surface area contributed by atoms with E-state index in [1.807, 2.05) is 19.1 Å². The molecule has 1 aliphatic rings. The number of rotatable bonds is 4. The predicted octanol–water partition coefficient (Wildman–Crippen LogP) is 1.99. The van der Waals surface area contributed by atoms with Gasteiger partial charge < -0.3 is 4.90 Å². The van der Waals surface area contributed by atoms with Gasteiger partial charge in [-0.3, -0.25) is 9.89 Å². The normalized spacial score (nSPS) is 16.6. The third kappa shape index (κ3) is 3.52. The summed E-state index contributed by atoms with van der Waals surface area (Å²) in [7, 11) is -0.0701. The van der Waals surface area contributed by atoms with E-state index in [4.69, 9.17) is 0 Å². The van der Waals surface area contributed by atoms with Crippen molar-refractivity contribution in [1.29, 1.82) is 0 Å². The van der Waals surface area contributed by atoms with Gasteiger partial charge in [0.05, 0.1) is 22.3 Å². The Bertz CT molecular complexity index is 879. The number of aromatic amines is 1. The van der Waals surface area contributed by atoms with E-state index in [-0.39, 0.29) is 11.8 Å². The zero-order valence-corrected chi connectivity index (χ0v) is 16.1. The first-order valence-electron chi connectivity index (χ1n) is 8.62. The summed E-state index contributed by atoms with van der Waals surface area (Å²) in [6, 6.07) is 6.92. The first kappa shape index (κ1) is 18.6. The van der Waals surface area contributed by atoms with Gasteiger partial charge in [-0.2, -0.15) is 9.40 Å². The van der Waals surface area contributed by atoms with Gasteiger partial charge in [-0.25, -0.2) is 8.42 Å². The molecule has 8 heteroatoms. The van der Waals surface area contributed by atoms with Crippen molar-refractivity contribution in [3.63, 3.8) is 0 Å². The third-order valence-corrected chi connectivity index (χ3v) is 6.74. The maximum Gasteiger partial charge on any atom is 0.256 e. The van der Waals surface area contributed by atoms with Crippen molar-refractivity contribution in [3.05, 3.63) is 47.3 Å². The summed E-state index contributed by atoms with van der Waals surface area (Å²) in [4.78, 5) is 14.1. The van der Waals surface area contributed by atoms with Crippen molar-refractivity contribution in [3.8, 4) is 0 Å². The van der Waals surface area contributed by atoms with Crippen LogP contribution in [0.15, 0.2) is 35.4 Å². The van der Waals surface area contributed by atoms with Gasteiger partial charge in [0.2, 0.25) is 10.0 Å². The molecule has 0 aliphatic carbocycles. The molecule has 1 N–H and O–H groups in total. The van der Waals surface area contributed by atoms with Gasteiger partial charge in [0.15, 0.2) is 0 Å². The average molecular weight is 376 g/mol. The summed E-state index contributed by atoms with van der Waals surface area (Å²) in [6.07, 6.45) is 2.86. The minimum absolute atomic E-state index is 0.0940. The van der Waals surface area contributed by atoms with E-state index in [0.29, 0.717) is 36.4 Å². The molecule has 1 aromatic carbocycles. The van der Waals surface area contributed by atoms with Crippen LogP contribution < -0.4 is 0 Å². The highest BCUT2D eigenvalue weighted by Gasteiger charge is 2.32. The van der Waals surface area contributed by atoms with Crippen LogP contribution in [-0.2, 0) is 10.0 Å². The summed E-state index contributed by atoms with van der Waals surface area (Å²) in [5.74, 6) is 0.00400. The first-order valence-corrected chi connectivity index (χ1v) is 10.1. The van der Waals surface area contributed by atoms with E-state index in [1.54, 1.807) is 32.4 Å². The lowest BCUT2D eigenvalue weighted by atomic mass is 9.92. The van der Waals surface area contributed by atoms with Crippen molar-refractivity contribution >= 4 is 15.9 Å². The predicted molar refractivity (Wildman–Crippen MR) is 98.5 cm³/mol. The molecule has 1 amide bonds. The van der Waals surface area contributed by atoms with E-state index < -0.39 is 10.0 Å².